The SMILES string of the molecule is C=CC(=O)OC[C@@H](N=C(/C=C/C)OC)c1ccccc1. The third kappa shape index (κ3) is 5.10. The Kier molecular flexibility index (Phi) is 6.82. The van der Waals surface area contributed by atoms with Gasteiger partial charge in [-0.2, -0.15) is 0 Å². The highest BCUT2D eigenvalue weighted by atomic mass is 16.5. The first kappa shape index (κ1) is 15.7. The molecule has 0 N–H and O–H groups in total. The summed E-state index contributed by atoms with van der Waals surface area (Å²) < 4.78 is 10.3. The molecule has 0 saturated carbocycles. The van der Waals surface area contributed by atoms with Gasteiger partial charge in [0.2, 0.25) is 5.90 Å². The number of carbonyl (C=O) groups excluding carboxylic acids is 1. The first-order valence-electron chi connectivity index (χ1n) is 6.29. The highest BCUT2D eigenvalue weighted by Gasteiger charge is 2.13. The van der Waals surface area contributed by atoms with Crippen LogP contribution in [0.3, 0.4) is 0 Å². The third-order valence-corrected chi connectivity index (χ3v) is 2.54. The molecule has 1 rings (SSSR count). The van der Waals surface area contributed by atoms with E-state index in [0.717, 1.165) is 11.6 Å². The van der Waals surface area contributed by atoms with Gasteiger partial charge in [-0.1, -0.05) is 43.0 Å². The summed E-state index contributed by atoms with van der Waals surface area (Å²) in [4.78, 5) is 15.7. The van der Waals surface area contributed by atoms with E-state index in [1.807, 2.05) is 43.3 Å². The van der Waals surface area contributed by atoms with Crippen LogP contribution in [0.15, 0.2) is 60.1 Å². The van der Waals surface area contributed by atoms with Crippen molar-refractivity contribution in [1.82, 2.24) is 0 Å². The predicted octanol–water partition coefficient (Wildman–Crippen LogP) is 3.08. The Hall–Kier alpha value is -2.36. The van der Waals surface area contributed by atoms with Gasteiger partial charge in [-0.3, -0.25) is 0 Å². The van der Waals surface area contributed by atoms with Crippen LogP contribution in [-0.4, -0.2) is 25.6 Å². The summed E-state index contributed by atoms with van der Waals surface area (Å²) in [5.41, 5.74) is 0.948. The van der Waals surface area contributed by atoms with Gasteiger partial charge >= 0.3 is 5.97 Å². The molecule has 0 amide bonds. The zero-order valence-electron chi connectivity index (χ0n) is 11.8. The molecule has 4 heteroatoms. The number of rotatable bonds is 6. The number of allylic oxidation sites excluding steroid dienone is 1. The monoisotopic (exact) mass is 273 g/mol. The summed E-state index contributed by atoms with van der Waals surface area (Å²) in [6.45, 7) is 5.39. The lowest BCUT2D eigenvalue weighted by Gasteiger charge is -2.14. The molecule has 1 aromatic rings. The van der Waals surface area contributed by atoms with E-state index in [4.69, 9.17) is 9.47 Å². The largest absolute Gasteiger partial charge is 0.481 e. The molecular formula is C16H19NO3. The highest BCUT2D eigenvalue weighted by molar-refractivity contribution is 5.87. The molecule has 0 aromatic heterocycles. The minimum atomic E-state index is -0.467. The van der Waals surface area contributed by atoms with Gasteiger partial charge in [0.05, 0.1) is 7.11 Å². The normalized spacial score (nSPS) is 13.0. The maximum atomic E-state index is 11.2. The molecule has 0 spiro atoms. The molecule has 0 radical (unpaired) electrons. The van der Waals surface area contributed by atoms with Crippen molar-refractivity contribution in [3.63, 3.8) is 0 Å². The molecule has 0 aliphatic rings. The van der Waals surface area contributed by atoms with E-state index in [0.29, 0.717) is 5.90 Å². The number of aliphatic imine (C=N–C) groups is 1. The van der Waals surface area contributed by atoms with Crippen molar-refractivity contribution in [1.29, 1.82) is 0 Å². The molecular weight excluding hydrogens is 254 g/mol. The number of methoxy groups -OCH3 is 1. The van der Waals surface area contributed by atoms with Gasteiger partial charge in [0.15, 0.2) is 0 Å². The lowest BCUT2D eigenvalue weighted by atomic mass is 10.1. The fourth-order valence-electron chi connectivity index (χ4n) is 1.56. The van der Waals surface area contributed by atoms with Gasteiger partial charge in [-0.05, 0) is 18.6 Å². The Morgan fingerprint density at radius 2 is 2.10 bits per heavy atom. The van der Waals surface area contributed by atoms with Gasteiger partial charge in [0, 0.05) is 6.08 Å². The van der Waals surface area contributed by atoms with Crippen LogP contribution in [0.5, 0.6) is 0 Å². The van der Waals surface area contributed by atoms with Crippen molar-refractivity contribution >= 4 is 11.9 Å². The Morgan fingerprint density at radius 1 is 1.40 bits per heavy atom. The molecule has 106 valence electrons. The average Bonchev–Trinajstić information content (AvgIpc) is 2.50. The van der Waals surface area contributed by atoms with Crippen molar-refractivity contribution in [3.8, 4) is 0 Å². The van der Waals surface area contributed by atoms with Crippen LogP contribution in [0.2, 0.25) is 0 Å². The Labute approximate surface area is 119 Å². The van der Waals surface area contributed by atoms with Gasteiger partial charge in [0.25, 0.3) is 0 Å². The predicted molar refractivity (Wildman–Crippen MR) is 79.6 cm³/mol. The second-order valence-corrected chi connectivity index (χ2v) is 3.93. The van der Waals surface area contributed by atoms with Crippen molar-refractivity contribution in [2.75, 3.05) is 13.7 Å². The van der Waals surface area contributed by atoms with Crippen LogP contribution >= 0.6 is 0 Å². The minimum absolute atomic E-state index is 0.138. The average molecular weight is 273 g/mol. The summed E-state index contributed by atoms with van der Waals surface area (Å²) in [5.74, 6) is 0.0159. The van der Waals surface area contributed by atoms with E-state index >= 15 is 0 Å². The molecule has 0 aliphatic heterocycles. The second kappa shape index (κ2) is 8.69. The molecule has 1 atom stereocenters. The van der Waals surface area contributed by atoms with E-state index in [1.54, 1.807) is 13.2 Å². The number of benzene rings is 1. The molecule has 4 nitrogen and oxygen atoms in total. The maximum absolute atomic E-state index is 11.2. The van der Waals surface area contributed by atoms with E-state index in [1.165, 1.54) is 0 Å². The van der Waals surface area contributed by atoms with E-state index < -0.39 is 5.97 Å². The quantitative estimate of drug-likeness (QED) is 0.346. The van der Waals surface area contributed by atoms with Crippen LogP contribution < -0.4 is 0 Å². The third-order valence-electron chi connectivity index (χ3n) is 2.54. The Balaban J connectivity index is 2.95. The van der Waals surface area contributed by atoms with Crippen molar-refractivity contribution in [2.45, 2.75) is 13.0 Å². The molecule has 0 aliphatic carbocycles. The Bertz CT molecular complexity index is 492. The lowest BCUT2D eigenvalue weighted by Crippen LogP contribution is -2.12. The fourth-order valence-corrected chi connectivity index (χ4v) is 1.56. The smallest absolute Gasteiger partial charge is 0.330 e. The summed E-state index contributed by atoms with van der Waals surface area (Å²) in [6.07, 6.45) is 4.72. The maximum Gasteiger partial charge on any atom is 0.330 e. The zero-order valence-corrected chi connectivity index (χ0v) is 11.8. The number of esters is 1. The lowest BCUT2D eigenvalue weighted by molar-refractivity contribution is -0.138. The van der Waals surface area contributed by atoms with Gasteiger partial charge in [-0.25, -0.2) is 9.79 Å². The minimum Gasteiger partial charge on any atom is -0.481 e. The van der Waals surface area contributed by atoms with Gasteiger partial charge < -0.3 is 9.47 Å². The summed E-state index contributed by atoms with van der Waals surface area (Å²) >= 11 is 0. The molecule has 0 unspecified atom stereocenters. The highest BCUT2D eigenvalue weighted by Crippen LogP contribution is 2.18. The zero-order chi connectivity index (χ0) is 14.8. The Morgan fingerprint density at radius 3 is 2.65 bits per heavy atom. The topological polar surface area (TPSA) is 47.9 Å². The molecule has 0 bridgehead atoms. The molecule has 0 heterocycles. The van der Waals surface area contributed by atoms with Crippen LogP contribution in [0.25, 0.3) is 0 Å². The van der Waals surface area contributed by atoms with Crippen molar-refractivity contribution in [2.24, 2.45) is 4.99 Å². The number of carbonyl (C=O) groups is 1. The molecule has 20 heavy (non-hydrogen) atoms. The van der Waals surface area contributed by atoms with E-state index in [-0.39, 0.29) is 12.6 Å². The van der Waals surface area contributed by atoms with Crippen LogP contribution in [0.4, 0.5) is 0 Å². The summed E-state index contributed by atoms with van der Waals surface area (Å²) in [5, 5.41) is 0. The number of hydrogen-bond acceptors (Lipinski definition) is 4. The van der Waals surface area contributed by atoms with Crippen LogP contribution in [-0.2, 0) is 14.3 Å². The van der Waals surface area contributed by atoms with Crippen LogP contribution in [0, 0.1) is 0 Å². The molecule has 0 fully saturated rings. The molecule has 0 saturated heterocycles. The van der Waals surface area contributed by atoms with Crippen molar-refractivity contribution in [3.05, 3.63) is 60.7 Å². The summed E-state index contributed by atoms with van der Waals surface area (Å²) in [6, 6.07) is 9.29. The first-order chi connectivity index (χ1) is 9.71. The van der Waals surface area contributed by atoms with E-state index in [2.05, 4.69) is 11.6 Å². The van der Waals surface area contributed by atoms with Gasteiger partial charge in [-0.15, -0.1) is 0 Å². The fraction of sp³-hybridized carbons (Fsp3) is 0.250. The molecule has 1 aromatic carbocycles. The number of ether oxygens (including phenoxy) is 2. The van der Waals surface area contributed by atoms with E-state index in [9.17, 15) is 4.79 Å². The number of nitrogens with zero attached hydrogens (tertiary/aromatic N) is 1. The number of hydrogen-bond donors (Lipinski definition) is 0. The second-order valence-electron chi connectivity index (χ2n) is 3.93. The standard InChI is InChI=1S/C16H19NO3/c1-4-9-15(19-3)17-14(12-20-16(18)5-2)13-10-7-6-8-11-13/h4-11,14H,2,12H2,1,3H3/b9-4+,17-15?/t14-/m1/s1. The van der Waals surface area contributed by atoms with Gasteiger partial charge in [0.1, 0.15) is 12.6 Å². The van der Waals surface area contributed by atoms with Crippen molar-refractivity contribution < 1.29 is 14.3 Å². The summed E-state index contributed by atoms with van der Waals surface area (Å²) in [7, 11) is 1.55. The first-order valence-corrected chi connectivity index (χ1v) is 6.29. The van der Waals surface area contributed by atoms with Crippen LogP contribution in [0.1, 0.15) is 18.5 Å².